The topological polar surface area (TPSA) is 75.6 Å². The highest BCUT2D eigenvalue weighted by Gasteiger charge is 2.28. The summed E-state index contributed by atoms with van der Waals surface area (Å²) in [6.07, 6.45) is 0. The molecule has 0 spiro atoms. The molecule has 1 aromatic rings. The Kier molecular flexibility index (Phi) is 5.05. The van der Waals surface area contributed by atoms with E-state index in [9.17, 15) is 10.1 Å². The number of likely N-dealkylation sites (N-methyl/N-ethyl adjacent to an activating group) is 1. The Morgan fingerprint density at radius 3 is 2.50 bits per heavy atom. The molecule has 20 heavy (non-hydrogen) atoms. The Labute approximate surface area is 119 Å². The fourth-order valence-electron chi connectivity index (χ4n) is 2.80. The van der Waals surface area contributed by atoms with Crippen molar-refractivity contribution < 1.29 is 4.92 Å². The first kappa shape index (κ1) is 14.9. The summed E-state index contributed by atoms with van der Waals surface area (Å²) in [5.74, 6) is 0. The molecule has 0 amide bonds. The van der Waals surface area contributed by atoms with Gasteiger partial charge in [-0.1, -0.05) is 25.1 Å². The number of hydrogen-bond acceptors (Lipinski definition) is 5. The maximum absolute atomic E-state index is 11.2. The molecule has 6 heteroatoms. The van der Waals surface area contributed by atoms with E-state index in [0.29, 0.717) is 6.54 Å². The summed E-state index contributed by atoms with van der Waals surface area (Å²) in [7, 11) is 0. The highest BCUT2D eigenvalue weighted by atomic mass is 16.6. The van der Waals surface area contributed by atoms with Crippen LogP contribution in [0.2, 0.25) is 0 Å². The second-order valence-electron chi connectivity index (χ2n) is 5.04. The van der Waals surface area contributed by atoms with Gasteiger partial charge in [-0.3, -0.25) is 15.0 Å². The summed E-state index contributed by atoms with van der Waals surface area (Å²) in [5.41, 5.74) is 6.79. The largest absolute Gasteiger partial charge is 0.329 e. The molecule has 0 radical (unpaired) electrons. The average molecular weight is 278 g/mol. The van der Waals surface area contributed by atoms with E-state index in [1.807, 2.05) is 12.1 Å². The average Bonchev–Trinajstić information content (AvgIpc) is 2.49. The number of nitrogens with zero attached hydrogens (tertiary/aromatic N) is 3. The molecule has 1 aliphatic rings. The number of nitro groups is 1. The van der Waals surface area contributed by atoms with Crippen LogP contribution in [0.4, 0.5) is 5.69 Å². The van der Waals surface area contributed by atoms with E-state index in [0.717, 1.165) is 38.3 Å². The van der Waals surface area contributed by atoms with Crippen molar-refractivity contribution in [3.05, 3.63) is 39.9 Å². The van der Waals surface area contributed by atoms with Crippen LogP contribution in [0.3, 0.4) is 0 Å². The van der Waals surface area contributed by atoms with Crippen molar-refractivity contribution in [2.45, 2.75) is 13.0 Å². The van der Waals surface area contributed by atoms with Crippen LogP contribution in [-0.2, 0) is 0 Å². The number of hydrogen-bond donors (Lipinski definition) is 1. The molecule has 2 N–H and O–H groups in total. The number of benzene rings is 1. The minimum absolute atomic E-state index is 0.0735. The Morgan fingerprint density at radius 1 is 1.30 bits per heavy atom. The van der Waals surface area contributed by atoms with Crippen molar-refractivity contribution in [2.75, 3.05) is 39.3 Å². The van der Waals surface area contributed by atoms with Crippen molar-refractivity contribution in [3.8, 4) is 0 Å². The lowest BCUT2D eigenvalue weighted by atomic mass is 10.0. The predicted molar refractivity (Wildman–Crippen MR) is 78.6 cm³/mol. The first-order valence-electron chi connectivity index (χ1n) is 7.07. The van der Waals surface area contributed by atoms with Crippen LogP contribution in [0.25, 0.3) is 0 Å². The van der Waals surface area contributed by atoms with Crippen molar-refractivity contribution in [2.24, 2.45) is 5.73 Å². The molecule has 6 nitrogen and oxygen atoms in total. The van der Waals surface area contributed by atoms with Crippen LogP contribution in [0.1, 0.15) is 18.5 Å². The van der Waals surface area contributed by atoms with Gasteiger partial charge in [0.25, 0.3) is 5.69 Å². The van der Waals surface area contributed by atoms with Gasteiger partial charge in [0.2, 0.25) is 0 Å². The summed E-state index contributed by atoms with van der Waals surface area (Å²) < 4.78 is 0. The van der Waals surface area contributed by atoms with E-state index < -0.39 is 0 Å². The highest BCUT2D eigenvalue weighted by molar-refractivity contribution is 5.42. The zero-order chi connectivity index (χ0) is 14.5. The molecule has 1 unspecified atom stereocenters. The summed E-state index contributed by atoms with van der Waals surface area (Å²) in [5, 5.41) is 11.2. The van der Waals surface area contributed by atoms with Crippen LogP contribution in [0.5, 0.6) is 0 Å². The molecular weight excluding hydrogens is 256 g/mol. The van der Waals surface area contributed by atoms with Crippen molar-refractivity contribution in [3.63, 3.8) is 0 Å². The number of rotatable bonds is 5. The van der Waals surface area contributed by atoms with E-state index in [1.54, 1.807) is 12.1 Å². The maximum atomic E-state index is 11.2. The normalized spacial score (nSPS) is 18.9. The second kappa shape index (κ2) is 6.78. The molecule has 110 valence electrons. The zero-order valence-electron chi connectivity index (χ0n) is 11.9. The Morgan fingerprint density at radius 2 is 1.95 bits per heavy atom. The summed E-state index contributed by atoms with van der Waals surface area (Å²) in [6, 6.07) is 6.84. The van der Waals surface area contributed by atoms with Crippen LogP contribution < -0.4 is 5.73 Å². The minimum Gasteiger partial charge on any atom is -0.329 e. The molecule has 1 fully saturated rings. The van der Waals surface area contributed by atoms with Gasteiger partial charge in [0, 0.05) is 44.4 Å². The Hall–Kier alpha value is -1.50. The molecule has 0 bridgehead atoms. The van der Waals surface area contributed by atoms with Gasteiger partial charge in [-0.25, -0.2) is 0 Å². The first-order chi connectivity index (χ1) is 9.67. The van der Waals surface area contributed by atoms with E-state index in [-0.39, 0.29) is 16.7 Å². The van der Waals surface area contributed by atoms with Gasteiger partial charge in [-0.15, -0.1) is 0 Å². The first-order valence-corrected chi connectivity index (χ1v) is 7.07. The summed E-state index contributed by atoms with van der Waals surface area (Å²) in [4.78, 5) is 15.5. The zero-order valence-corrected chi connectivity index (χ0v) is 11.9. The molecule has 1 atom stereocenters. The van der Waals surface area contributed by atoms with Gasteiger partial charge >= 0.3 is 0 Å². The van der Waals surface area contributed by atoms with Gasteiger partial charge in [-0.2, -0.15) is 0 Å². The summed E-state index contributed by atoms with van der Waals surface area (Å²) in [6.45, 7) is 7.40. The maximum Gasteiger partial charge on any atom is 0.274 e. The quantitative estimate of drug-likeness (QED) is 0.647. The lowest BCUT2D eigenvalue weighted by Crippen LogP contribution is -2.48. The fraction of sp³-hybridized carbons (Fsp3) is 0.571. The van der Waals surface area contributed by atoms with E-state index in [4.69, 9.17) is 5.73 Å². The Bertz CT molecular complexity index is 458. The predicted octanol–water partition coefficient (Wildman–Crippen LogP) is 1.23. The molecule has 1 heterocycles. The van der Waals surface area contributed by atoms with E-state index in [2.05, 4.69) is 16.7 Å². The van der Waals surface area contributed by atoms with Crippen molar-refractivity contribution in [1.29, 1.82) is 0 Å². The van der Waals surface area contributed by atoms with Gasteiger partial charge < -0.3 is 10.6 Å². The van der Waals surface area contributed by atoms with Crippen LogP contribution in [0.15, 0.2) is 24.3 Å². The molecule has 2 rings (SSSR count). The number of nitro benzene ring substituents is 1. The molecule has 1 aliphatic heterocycles. The number of para-hydroxylation sites is 1. The van der Waals surface area contributed by atoms with Crippen molar-refractivity contribution >= 4 is 5.69 Å². The summed E-state index contributed by atoms with van der Waals surface area (Å²) >= 11 is 0. The third-order valence-corrected chi connectivity index (χ3v) is 4.01. The third kappa shape index (κ3) is 3.15. The van der Waals surface area contributed by atoms with Gasteiger partial charge in [0.05, 0.1) is 11.0 Å². The monoisotopic (exact) mass is 278 g/mol. The van der Waals surface area contributed by atoms with Crippen LogP contribution >= 0.6 is 0 Å². The highest BCUT2D eigenvalue weighted by Crippen LogP contribution is 2.29. The lowest BCUT2D eigenvalue weighted by molar-refractivity contribution is -0.386. The van der Waals surface area contributed by atoms with Gasteiger partial charge in [0.1, 0.15) is 0 Å². The smallest absolute Gasteiger partial charge is 0.274 e. The number of piperazine rings is 1. The second-order valence-corrected chi connectivity index (χ2v) is 5.04. The molecule has 1 saturated heterocycles. The molecular formula is C14H22N4O2. The van der Waals surface area contributed by atoms with Gasteiger partial charge in [0.15, 0.2) is 0 Å². The van der Waals surface area contributed by atoms with Crippen LogP contribution in [-0.4, -0.2) is 54.0 Å². The Balaban J connectivity index is 2.19. The molecule has 1 aromatic carbocycles. The molecule has 0 aliphatic carbocycles. The van der Waals surface area contributed by atoms with Gasteiger partial charge in [-0.05, 0) is 6.54 Å². The van der Waals surface area contributed by atoms with E-state index >= 15 is 0 Å². The van der Waals surface area contributed by atoms with E-state index in [1.165, 1.54) is 0 Å². The van der Waals surface area contributed by atoms with Crippen molar-refractivity contribution in [1.82, 2.24) is 9.80 Å². The fourth-order valence-corrected chi connectivity index (χ4v) is 2.80. The number of nitrogens with two attached hydrogens (primary N) is 1. The third-order valence-electron chi connectivity index (χ3n) is 4.01. The standard InChI is InChI=1S/C14H22N4O2/c1-2-16-7-9-17(10-8-16)14(11-15)12-5-3-4-6-13(12)18(19)20/h3-6,14H,2,7-11,15H2,1H3. The minimum atomic E-state index is -0.319. The SMILES string of the molecule is CCN1CCN(C(CN)c2ccccc2[N+](=O)[O-])CC1. The molecule has 0 aromatic heterocycles. The van der Waals surface area contributed by atoms with Crippen LogP contribution in [0, 0.1) is 10.1 Å². The lowest BCUT2D eigenvalue weighted by Gasteiger charge is -2.38. The molecule has 0 saturated carbocycles.